The number of allylic oxidation sites excluding steroid dienone is 2. The minimum absolute atomic E-state index is 0.246. The summed E-state index contributed by atoms with van der Waals surface area (Å²) in [6, 6.07) is 0. The highest BCUT2D eigenvalue weighted by Gasteiger charge is 2.40. The van der Waals surface area contributed by atoms with Gasteiger partial charge in [-0.1, -0.05) is 45.6 Å². The molecule has 0 heterocycles. The molecule has 0 radical (unpaired) electrons. The summed E-state index contributed by atoms with van der Waals surface area (Å²) in [7, 11) is 0. The molecule has 0 unspecified atom stereocenters. The van der Waals surface area contributed by atoms with Crippen LogP contribution < -0.4 is 0 Å². The van der Waals surface area contributed by atoms with Crippen LogP contribution in [-0.2, 0) is 0 Å². The minimum atomic E-state index is 0.246. The van der Waals surface area contributed by atoms with Crippen LogP contribution in [0.4, 0.5) is 0 Å². The van der Waals surface area contributed by atoms with Gasteiger partial charge in [0.2, 0.25) is 0 Å². The molecule has 72 valence electrons. The first-order valence-electron chi connectivity index (χ1n) is 5.16. The molecule has 0 aromatic carbocycles. The van der Waals surface area contributed by atoms with Gasteiger partial charge in [-0.25, -0.2) is 0 Å². The molecule has 0 saturated heterocycles. The molecule has 1 aliphatic rings. The molecule has 0 nitrogen and oxygen atoms in total. The maximum atomic E-state index is 5.24. The van der Waals surface area contributed by atoms with E-state index in [9.17, 15) is 0 Å². The van der Waals surface area contributed by atoms with Gasteiger partial charge in [-0.05, 0) is 29.7 Å². The molecule has 0 amide bonds. The van der Waals surface area contributed by atoms with E-state index in [1.807, 2.05) is 6.08 Å². The van der Waals surface area contributed by atoms with Crippen LogP contribution in [0.1, 0.15) is 46.5 Å². The molecule has 1 fully saturated rings. The molecule has 13 heavy (non-hydrogen) atoms. The van der Waals surface area contributed by atoms with E-state index in [1.165, 1.54) is 25.7 Å². The average molecular weight is 176 g/mol. The van der Waals surface area contributed by atoms with E-state index >= 15 is 0 Å². The summed E-state index contributed by atoms with van der Waals surface area (Å²) < 4.78 is 0. The van der Waals surface area contributed by atoms with Crippen LogP contribution in [0.15, 0.2) is 12.2 Å². The highest BCUT2D eigenvalue weighted by atomic mass is 14.4. The van der Waals surface area contributed by atoms with Crippen molar-refractivity contribution < 1.29 is 0 Å². The Balaban J connectivity index is 2.79. The van der Waals surface area contributed by atoms with Gasteiger partial charge in [-0.3, -0.25) is 0 Å². The fourth-order valence-electron chi connectivity index (χ4n) is 2.26. The van der Waals surface area contributed by atoms with Gasteiger partial charge in [0.15, 0.2) is 0 Å². The quantitative estimate of drug-likeness (QED) is 0.562. The Morgan fingerprint density at radius 2 is 1.85 bits per heavy atom. The zero-order chi connectivity index (χ0) is 9.95. The smallest absolute Gasteiger partial charge is 0.0112 e. The standard InChI is InChI=1S/C13H20/c1-5-6-9-12(2,3)13(4)10-7-8-11-13/h1,6,9H,7-8,10-11H2,2-4H3/b9-6-. The first kappa shape index (κ1) is 10.4. The molecule has 0 N–H and O–H groups in total. The third-order valence-corrected chi connectivity index (χ3v) is 3.86. The van der Waals surface area contributed by atoms with E-state index in [4.69, 9.17) is 6.42 Å². The highest BCUT2D eigenvalue weighted by molar-refractivity contribution is 5.15. The van der Waals surface area contributed by atoms with Crippen molar-refractivity contribution in [2.45, 2.75) is 46.5 Å². The van der Waals surface area contributed by atoms with E-state index in [1.54, 1.807) is 0 Å². The number of hydrogen-bond acceptors (Lipinski definition) is 0. The lowest BCUT2D eigenvalue weighted by Crippen LogP contribution is -2.30. The monoisotopic (exact) mass is 176 g/mol. The van der Waals surface area contributed by atoms with Crippen LogP contribution in [-0.4, -0.2) is 0 Å². The lowest BCUT2D eigenvalue weighted by Gasteiger charge is -2.39. The third kappa shape index (κ3) is 1.97. The van der Waals surface area contributed by atoms with Gasteiger partial charge in [-0.2, -0.15) is 0 Å². The predicted molar refractivity (Wildman–Crippen MR) is 58.3 cm³/mol. The summed E-state index contributed by atoms with van der Waals surface area (Å²) in [5.41, 5.74) is 0.705. The molecule has 0 heteroatoms. The Kier molecular flexibility index (Phi) is 2.86. The van der Waals surface area contributed by atoms with Gasteiger partial charge in [0.25, 0.3) is 0 Å². The molecule has 0 bridgehead atoms. The fraction of sp³-hybridized carbons (Fsp3) is 0.692. The maximum Gasteiger partial charge on any atom is -0.0112 e. The second kappa shape index (κ2) is 3.58. The van der Waals surface area contributed by atoms with Gasteiger partial charge in [0, 0.05) is 0 Å². The molecule has 0 aliphatic heterocycles. The molecule has 1 aliphatic carbocycles. The zero-order valence-electron chi connectivity index (χ0n) is 9.06. The van der Waals surface area contributed by atoms with E-state index in [2.05, 4.69) is 32.8 Å². The molecule has 0 spiro atoms. The average Bonchev–Trinajstić information content (AvgIpc) is 2.50. The molecule has 0 aromatic rings. The highest BCUT2D eigenvalue weighted by Crippen LogP contribution is 2.51. The summed E-state index contributed by atoms with van der Waals surface area (Å²) in [4.78, 5) is 0. The summed E-state index contributed by atoms with van der Waals surface area (Å²) in [6.07, 6.45) is 14.7. The predicted octanol–water partition coefficient (Wildman–Crippen LogP) is 3.78. The van der Waals surface area contributed by atoms with E-state index < -0.39 is 0 Å². The van der Waals surface area contributed by atoms with Crippen LogP contribution >= 0.6 is 0 Å². The summed E-state index contributed by atoms with van der Waals surface area (Å²) in [6.45, 7) is 6.99. The second-order valence-electron chi connectivity index (χ2n) is 4.99. The normalized spacial score (nSPS) is 22.0. The number of hydrogen-bond donors (Lipinski definition) is 0. The Labute approximate surface area is 82.4 Å². The van der Waals surface area contributed by atoms with Crippen molar-refractivity contribution in [2.24, 2.45) is 10.8 Å². The van der Waals surface area contributed by atoms with Crippen LogP contribution in [0.5, 0.6) is 0 Å². The molecule has 0 aromatic heterocycles. The second-order valence-corrected chi connectivity index (χ2v) is 4.99. The molecule has 1 rings (SSSR count). The summed E-state index contributed by atoms with van der Waals surface area (Å²) >= 11 is 0. The van der Waals surface area contributed by atoms with Crippen LogP contribution in [0.25, 0.3) is 0 Å². The largest absolute Gasteiger partial charge is 0.115 e. The Morgan fingerprint density at radius 1 is 1.31 bits per heavy atom. The van der Waals surface area contributed by atoms with Crippen LogP contribution in [0, 0.1) is 23.2 Å². The Bertz CT molecular complexity index is 231. The van der Waals surface area contributed by atoms with Crippen molar-refractivity contribution in [3.63, 3.8) is 0 Å². The van der Waals surface area contributed by atoms with Crippen molar-refractivity contribution in [1.29, 1.82) is 0 Å². The Hall–Kier alpha value is -0.700. The summed E-state index contributed by atoms with van der Waals surface area (Å²) in [5, 5.41) is 0. The first-order valence-corrected chi connectivity index (χ1v) is 5.16. The number of terminal acetylenes is 1. The third-order valence-electron chi connectivity index (χ3n) is 3.86. The topological polar surface area (TPSA) is 0 Å². The van der Waals surface area contributed by atoms with E-state index in [-0.39, 0.29) is 5.41 Å². The van der Waals surface area contributed by atoms with Gasteiger partial charge in [0.05, 0.1) is 0 Å². The van der Waals surface area contributed by atoms with Gasteiger partial charge < -0.3 is 0 Å². The lowest BCUT2D eigenvalue weighted by molar-refractivity contribution is 0.149. The number of rotatable bonds is 2. The first-order chi connectivity index (χ1) is 6.02. The van der Waals surface area contributed by atoms with Gasteiger partial charge >= 0.3 is 0 Å². The molecule has 1 saturated carbocycles. The van der Waals surface area contributed by atoms with Crippen LogP contribution in [0.3, 0.4) is 0 Å². The molecular formula is C13H20. The maximum absolute atomic E-state index is 5.24. The summed E-state index contributed by atoms with van der Waals surface area (Å²) in [5.74, 6) is 2.58. The lowest BCUT2D eigenvalue weighted by atomic mass is 9.65. The van der Waals surface area contributed by atoms with Crippen LogP contribution in [0.2, 0.25) is 0 Å². The SMILES string of the molecule is C#C/C=C\C(C)(C)C1(C)CCCC1. The van der Waals surface area contributed by atoms with E-state index in [0.29, 0.717) is 5.41 Å². The Morgan fingerprint density at radius 3 is 2.31 bits per heavy atom. The van der Waals surface area contributed by atoms with Crippen molar-refractivity contribution in [1.82, 2.24) is 0 Å². The van der Waals surface area contributed by atoms with Crippen molar-refractivity contribution in [3.8, 4) is 12.3 Å². The molecular weight excluding hydrogens is 156 g/mol. The van der Waals surface area contributed by atoms with Gasteiger partial charge in [0.1, 0.15) is 0 Å². The minimum Gasteiger partial charge on any atom is -0.115 e. The zero-order valence-corrected chi connectivity index (χ0v) is 9.06. The van der Waals surface area contributed by atoms with Gasteiger partial charge in [-0.15, -0.1) is 6.42 Å². The van der Waals surface area contributed by atoms with Crippen molar-refractivity contribution in [3.05, 3.63) is 12.2 Å². The van der Waals surface area contributed by atoms with Crippen molar-refractivity contribution >= 4 is 0 Å². The molecule has 0 atom stereocenters. The van der Waals surface area contributed by atoms with E-state index in [0.717, 1.165) is 0 Å². The fourth-order valence-corrected chi connectivity index (χ4v) is 2.26. The van der Waals surface area contributed by atoms with Crippen molar-refractivity contribution in [2.75, 3.05) is 0 Å².